The number of carboxylic acid groups (broad SMARTS) is 1. The van der Waals surface area contributed by atoms with Gasteiger partial charge in [0.15, 0.2) is 0 Å². The van der Waals surface area contributed by atoms with Gasteiger partial charge >= 0.3 is 5.97 Å². The number of pyridine rings is 1. The highest BCUT2D eigenvalue weighted by Crippen LogP contribution is 2.19. The van der Waals surface area contributed by atoms with Crippen molar-refractivity contribution >= 4 is 29.1 Å². The minimum atomic E-state index is -0.971. The topological polar surface area (TPSA) is 88.2 Å². The van der Waals surface area contributed by atoms with Crippen LogP contribution in [0, 0.1) is 0 Å². The molecule has 4 N–H and O–H groups in total. The highest BCUT2D eigenvalue weighted by Gasteiger charge is 2.12. The maximum absolute atomic E-state index is 10.5. The standard InChI is InChI=1S/C8H10ClN3O2/c1-4(8(13)14)12-7-6(10)2-5(9)3-11-7/h2-4H,10H2,1H3,(H,11,12)(H,13,14). The van der Waals surface area contributed by atoms with Gasteiger partial charge in [-0.15, -0.1) is 0 Å². The van der Waals surface area contributed by atoms with E-state index in [1.54, 1.807) is 0 Å². The van der Waals surface area contributed by atoms with Crippen LogP contribution in [-0.2, 0) is 4.79 Å². The summed E-state index contributed by atoms with van der Waals surface area (Å²) < 4.78 is 0. The van der Waals surface area contributed by atoms with Crippen molar-refractivity contribution in [2.75, 3.05) is 11.1 Å². The first-order valence-electron chi connectivity index (χ1n) is 3.91. The van der Waals surface area contributed by atoms with Crippen molar-refractivity contribution in [1.82, 2.24) is 4.98 Å². The number of aromatic nitrogens is 1. The number of nitrogens with one attached hydrogen (secondary N) is 1. The molecule has 1 aromatic rings. The number of hydrogen-bond acceptors (Lipinski definition) is 4. The Bertz CT molecular complexity index is 356. The van der Waals surface area contributed by atoms with Crippen LogP contribution in [0.1, 0.15) is 6.92 Å². The van der Waals surface area contributed by atoms with Gasteiger partial charge in [-0.25, -0.2) is 4.98 Å². The van der Waals surface area contributed by atoms with Gasteiger partial charge < -0.3 is 16.2 Å². The summed E-state index contributed by atoms with van der Waals surface area (Å²) in [5, 5.41) is 11.7. The Morgan fingerprint density at radius 2 is 2.43 bits per heavy atom. The van der Waals surface area contributed by atoms with Gasteiger partial charge in [-0.05, 0) is 13.0 Å². The van der Waals surface area contributed by atoms with E-state index in [4.69, 9.17) is 22.4 Å². The summed E-state index contributed by atoms with van der Waals surface area (Å²) in [6.07, 6.45) is 1.40. The molecule has 0 saturated heterocycles. The Kier molecular flexibility index (Phi) is 3.14. The van der Waals surface area contributed by atoms with Crippen LogP contribution in [0.3, 0.4) is 0 Å². The summed E-state index contributed by atoms with van der Waals surface area (Å²) in [5.41, 5.74) is 5.89. The van der Waals surface area contributed by atoms with Crippen molar-refractivity contribution in [1.29, 1.82) is 0 Å². The van der Waals surface area contributed by atoms with Crippen LogP contribution in [0.4, 0.5) is 11.5 Å². The number of anilines is 2. The smallest absolute Gasteiger partial charge is 0.325 e. The Hall–Kier alpha value is -1.49. The third-order valence-electron chi connectivity index (χ3n) is 1.61. The van der Waals surface area contributed by atoms with E-state index in [-0.39, 0.29) is 0 Å². The molecule has 0 radical (unpaired) electrons. The third-order valence-corrected chi connectivity index (χ3v) is 1.81. The third kappa shape index (κ3) is 2.50. The molecule has 0 saturated carbocycles. The van der Waals surface area contributed by atoms with Gasteiger partial charge in [-0.2, -0.15) is 0 Å². The van der Waals surface area contributed by atoms with Crippen molar-refractivity contribution in [3.8, 4) is 0 Å². The van der Waals surface area contributed by atoms with E-state index in [1.807, 2.05) is 0 Å². The molecule has 0 amide bonds. The second kappa shape index (κ2) is 4.15. The molecule has 0 spiro atoms. The SMILES string of the molecule is CC(Nc1ncc(Cl)cc1N)C(=O)O. The number of nitrogens with two attached hydrogens (primary N) is 1. The average molecular weight is 216 g/mol. The predicted octanol–water partition coefficient (Wildman–Crippen LogP) is 1.20. The van der Waals surface area contributed by atoms with Crippen LogP contribution in [0.2, 0.25) is 5.02 Å². The zero-order chi connectivity index (χ0) is 10.7. The molecular formula is C8H10ClN3O2. The van der Waals surface area contributed by atoms with Crippen LogP contribution in [-0.4, -0.2) is 22.1 Å². The molecule has 1 aromatic heterocycles. The summed E-state index contributed by atoms with van der Waals surface area (Å²) in [4.78, 5) is 14.4. The van der Waals surface area contributed by atoms with E-state index in [0.717, 1.165) is 0 Å². The maximum atomic E-state index is 10.5. The van der Waals surface area contributed by atoms with Crippen LogP contribution in [0.15, 0.2) is 12.3 Å². The highest BCUT2D eigenvalue weighted by molar-refractivity contribution is 6.30. The molecule has 76 valence electrons. The number of hydrogen-bond donors (Lipinski definition) is 3. The minimum Gasteiger partial charge on any atom is -0.480 e. The Balaban J connectivity index is 2.82. The summed E-state index contributed by atoms with van der Waals surface area (Å²) in [7, 11) is 0. The van der Waals surface area contributed by atoms with Gasteiger partial charge in [0, 0.05) is 6.20 Å². The van der Waals surface area contributed by atoms with E-state index in [0.29, 0.717) is 16.5 Å². The van der Waals surface area contributed by atoms with Crippen LogP contribution in [0.25, 0.3) is 0 Å². The molecule has 6 heteroatoms. The normalized spacial score (nSPS) is 12.1. The molecule has 1 unspecified atom stereocenters. The van der Waals surface area contributed by atoms with Crippen molar-refractivity contribution in [2.24, 2.45) is 0 Å². The molecule has 0 fully saturated rings. The Labute approximate surface area is 85.9 Å². The van der Waals surface area contributed by atoms with Crippen molar-refractivity contribution < 1.29 is 9.90 Å². The van der Waals surface area contributed by atoms with Crippen molar-refractivity contribution in [2.45, 2.75) is 13.0 Å². The summed E-state index contributed by atoms with van der Waals surface area (Å²) in [6, 6.07) is 0.761. The lowest BCUT2D eigenvalue weighted by Crippen LogP contribution is -2.26. The number of nitrogens with zero attached hydrogens (tertiary/aromatic N) is 1. The Morgan fingerprint density at radius 1 is 1.79 bits per heavy atom. The lowest BCUT2D eigenvalue weighted by atomic mass is 10.3. The van der Waals surface area contributed by atoms with Gasteiger partial charge in [0.25, 0.3) is 0 Å². The molecule has 1 heterocycles. The summed E-state index contributed by atoms with van der Waals surface area (Å²) in [6.45, 7) is 1.50. The Morgan fingerprint density at radius 3 is 2.93 bits per heavy atom. The van der Waals surface area contributed by atoms with Gasteiger partial charge in [-0.3, -0.25) is 4.79 Å². The number of nitrogen functional groups attached to an aromatic ring is 1. The lowest BCUT2D eigenvalue weighted by Gasteiger charge is -2.11. The predicted molar refractivity (Wildman–Crippen MR) is 54.4 cm³/mol. The second-order valence-corrected chi connectivity index (χ2v) is 3.23. The van der Waals surface area contributed by atoms with E-state index >= 15 is 0 Å². The summed E-state index contributed by atoms with van der Waals surface area (Å²) >= 11 is 5.63. The van der Waals surface area contributed by atoms with Gasteiger partial charge in [0.1, 0.15) is 11.9 Å². The van der Waals surface area contributed by atoms with Crippen LogP contribution >= 0.6 is 11.6 Å². The zero-order valence-electron chi connectivity index (χ0n) is 7.49. The zero-order valence-corrected chi connectivity index (χ0v) is 8.25. The van der Waals surface area contributed by atoms with Gasteiger partial charge in [-0.1, -0.05) is 11.6 Å². The van der Waals surface area contributed by atoms with Gasteiger partial charge in [0.05, 0.1) is 10.7 Å². The molecule has 0 aliphatic heterocycles. The fourth-order valence-electron chi connectivity index (χ4n) is 0.842. The second-order valence-electron chi connectivity index (χ2n) is 2.80. The highest BCUT2D eigenvalue weighted by atomic mass is 35.5. The first kappa shape index (κ1) is 10.6. The van der Waals surface area contributed by atoms with Crippen molar-refractivity contribution in [3.63, 3.8) is 0 Å². The molecular weight excluding hydrogens is 206 g/mol. The number of carbonyl (C=O) groups is 1. The summed E-state index contributed by atoms with van der Waals surface area (Å²) in [5.74, 6) is -0.648. The van der Waals surface area contributed by atoms with Gasteiger partial charge in [0.2, 0.25) is 0 Å². The fraction of sp³-hybridized carbons (Fsp3) is 0.250. The monoisotopic (exact) mass is 215 g/mol. The van der Waals surface area contributed by atoms with E-state index in [1.165, 1.54) is 19.2 Å². The number of rotatable bonds is 3. The minimum absolute atomic E-state index is 0.323. The maximum Gasteiger partial charge on any atom is 0.325 e. The lowest BCUT2D eigenvalue weighted by molar-refractivity contribution is -0.137. The van der Waals surface area contributed by atoms with E-state index in [9.17, 15) is 4.79 Å². The number of aliphatic carboxylic acids is 1. The quantitative estimate of drug-likeness (QED) is 0.705. The molecule has 0 aliphatic carbocycles. The molecule has 0 aliphatic rings. The van der Waals surface area contributed by atoms with E-state index < -0.39 is 12.0 Å². The molecule has 14 heavy (non-hydrogen) atoms. The van der Waals surface area contributed by atoms with Crippen LogP contribution in [0.5, 0.6) is 0 Å². The van der Waals surface area contributed by atoms with Crippen LogP contribution < -0.4 is 11.1 Å². The first-order chi connectivity index (χ1) is 6.50. The first-order valence-corrected chi connectivity index (χ1v) is 4.29. The molecule has 0 bridgehead atoms. The largest absolute Gasteiger partial charge is 0.480 e. The van der Waals surface area contributed by atoms with Crippen molar-refractivity contribution in [3.05, 3.63) is 17.3 Å². The number of carboxylic acids is 1. The molecule has 0 aromatic carbocycles. The molecule has 5 nitrogen and oxygen atoms in total. The van der Waals surface area contributed by atoms with E-state index in [2.05, 4.69) is 10.3 Å². The molecule has 1 atom stereocenters. The number of halogens is 1. The molecule has 1 rings (SSSR count). The average Bonchev–Trinajstić information content (AvgIpc) is 2.09. The fourth-order valence-corrected chi connectivity index (χ4v) is 1.01.